The Labute approximate surface area is 162 Å². The van der Waals surface area contributed by atoms with Crippen molar-refractivity contribution in [1.82, 2.24) is 24.7 Å². The van der Waals surface area contributed by atoms with E-state index in [1.54, 1.807) is 36.4 Å². The van der Waals surface area contributed by atoms with Gasteiger partial charge in [0, 0.05) is 15.8 Å². The van der Waals surface area contributed by atoms with Gasteiger partial charge in [-0.2, -0.15) is 10.1 Å². The Bertz CT molecular complexity index is 1120. The van der Waals surface area contributed by atoms with Crippen LogP contribution in [0.5, 0.6) is 0 Å². The van der Waals surface area contributed by atoms with Gasteiger partial charge in [-0.1, -0.05) is 53.2 Å². The molecule has 0 saturated heterocycles. The number of fused-ring (bicyclic) bond motifs is 1. The van der Waals surface area contributed by atoms with E-state index in [9.17, 15) is 4.79 Å². The molecule has 0 atom stereocenters. The van der Waals surface area contributed by atoms with Crippen molar-refractivity contribution in [1.29, 1.82) is 0 Å². The number of thioether (sulfide) groups is 1. The minimum atomic E-state index is -0.222. The first-order chi connectivity index (χ1) is 12.6. The molecule has 0 aliphatic heterocycles. The predicted molar refractivity (Wildman–Crippen MR) is 103 cm³/mol. The van der Waals surface area contributed by atoms with Gasteiger partial charge >= 0.3 is 0 Å². The molecule has 0 aliphatic rings. The smallest absolute Gasteiger partial charge is 0.268 e. The summed E-state index contributed by atoms with van der Waals surface area (Å²) in [6.45, 7) is 0. The van der Waals surface area contributed by atoms with Crippen molar-refractivity contribution in [2.75, 3.05) is 0 Å². The quantitative estimate of drug-likeness (QED) is 0.409. The zero-order chi connectivity index (χ0) is 18.1. The Morgan fingerprint density at radius 3 is 2.58 bits per heavy atom. The third-order valence-corrected chi connectivity index (χ3v) is 5.44. The first-order valence-corrected chi connectivity index (χ1v) is 9.32. The second-order valence-corrected chi connectivity index (χ2v) is 7.11. The van der Waals surface area contributed by atoms with E-state index in [-0.39, 0.29) is 5.56 Å². The normalized spacial score (nSPS) is 11.2. The molecule has 0 saturated carbocycles. The van der Waals surface area contributed by atoms with Gasteiger partial charge in [0.05, 0.1) is 10.9 Å². The Morgan fingerprint density at radius 2 is 1.85 bits per heavy atom. The minimum Gasteiger partial charge on any atom is -0.268 e. The number of aromatic amines is 1. The Morgan fingerprint density at radius 1 is 1.08 bits per heavy atom. The second kappa shape index (κ2) is 7.11. The molecule has 0 unspecified atom stereocenters. The molecule has 2 aromatic heterocycles. The predicted octanol–water partition coefficient (Wildman–Crippen LogP) is 4.10. The van der Waals surface area contributed by atoms with Crippen LogP contribution >= 0.6 is 35.0 Å². The van der Waals surface area contributed by atoms with Gasteiger partial charge < -0.3 is 0 Å². The van der Waals surface area contributed by atoms with Crippen molar-refractivity contribution >= 4 is 45.9 Å². The lowest BCUT2D eigenvalue weighted by Crippen LogP contribution is -2.22. The van der Waals surface area contributed by atoms with E-state index in [0.717, 1.165) is 5.56 Å². The lowest BCUT2D eigenvalue weighted by molar-refractivity contribution is 0.771. The number of nitrogens with one attached hydrogen (secondary N) is 1. The zero-order valence-corrected chi connectivity index (χ0v) is 15.5. The van der Waals surface area contributed by atoms with Crippen molar-refractivity contribution in [2.24, 2.45) is 0 Å². The summed E-state index contributed by atoms with van der Waals surface area (Å²) in [6.07, 6.45) is 1.34. The molecular weight excluding hydrogens is 393 g/mol. The van der Waals surface area contributed by atoms with Crippen LogP contribution in [0, 0.1) is 0 Å². The van der Waals surface area contributed by atoms with Crippen LogP contribution in [0.3, 0.4) is 0 Å². The highest BCUT2D eigenvalue weighted by atomic mass is 35.5. The van der Waals surface area contributed by atoms with Crippen molar-refractivity contribution in [3.8, 4) is 5.95 Å². The topological polar surface area (TPSA) is 76.5 Å². The highest BCUT2D eigenvalue weighted by Crippen LogP contribution is 2.31. The molecule has 4 aromatic rings. The molecule has 0 amide bonds. The second-order valence-electron chi connectivity index (χ2n) is 5.35. The first kappa shape index (κ1) is 17.1. The number of H-pyrrole nitrogens is 1. The van der Waals surface area contributed by atoms with E-state index in [2.05, 4.69) is 20.2 Å². The summed E-state index contributed by atoms with van der Waals surface area (Å²) in [4.78, 5) is 21.7. The van der Waals surface area contributed by atoms with Crippen LogP contribution in [0.1, 0.15) is 5.56 Å². The summed E-state index contributed by atoms with van der Waals surface area (Å²) in [7, 11) is 0. The van der Waals surface area contributed by atoms with E-state index in [1.165, 1.54) is 22.7 Å². The third-order valence-electron chi connectivity index (χ3n) is 3.77. The van der Waals surface area contributed by atoms with Gasteiger partial charge in [-0.25, -0.2) is 14.6 Å². The SMILES string of the molecule is O=c1c2ccccc2nc(SCc2c(Cl)cccc2Cl)n1-c1ncn[nH]1. The zero-order valence-electron chi connectivity index (χ0n) is 13.2. The number of benzene rings is 2. The summed E-state index contributed by atoms with van der Waals surface area (Å²) in [6, 6.07) is 12.5. The van der Waals surface area contributed by atoms with Gasteiger partial charge in [-0.05, 0) is 29.8 Å². The van der Waals surface area contributed by atoms with Gasteiger partial charge in [-0.15, -0.1) is 0 Å². The molecule has 0 fully saturated rings. The average molecular weight is 404 g/mol. The number of hydrogen-bond acceptors (Lipinski definition) is 5. The van der Waals surface area contributed by atoms with E-state index in [0.29, 0.717) is 37.8 Å². The molecule has 4 rings (SSSR count). The lowest BCUT2D eigenvalue weighted by atomic mass is 10.2. The van der Waals surface area contributed by atoms with E-state index < -0.39 is 0 Å². The summed E-state index contributed by atoms with van der Waals surface area (Å²) in [5.74, 6) is 0.762. The summed E-state index contributed by atoms with van der Waals surface area (Å²) < 4.78 is 1.41. The van der Waals surface area contributed by atoms with Crippen molar-refractivity contribution in [2.45, 2.75) is 10.9 Å². The Balaban J connectivity index is 1.83. The number of para-hydroxylation sites is 1. The van der Waals surface area contributed by atoms with Gasteiger partial charge in [0.15, 0.2) is 5.16 Å². The minimum absolute atomic E-state index is 0.222. The van der Waals surface area contributed by atoms with Crippen LogP contribution < -0.4 is 5.56 Å². The summed E-state index contributed by atoms with van der Waals surface area (Å²) in [5.41, 5.74) is 1.17. The maximum Gasteiger partial charge on any atom is 0.269 e. The molecule has 0 spiro atoms. The fraction of sp³-hybridized carbons (Fsp3) is 0.0588. The van der Waals surface area contributed by atoms with E-state index >= 15 is 0 Å². The molecule has 9 heteroatoms. The van der Waals surface area contributed by atoms with Crippen LogP contribution in [0.25, 0.3) is 16.9 Å². The Hall–Kier alpha value is -2.35. The van der Waals surface area contributed by atoms with Crippen LogP contribution in [0.15, 0.2) is 58.7 Å². The van der Waals surface area contributed by atoms with E-state index in [4.69, 9.17) is 23.2 Å². The first-order valence-electron chi connectivity index (χ1n) is 7.58. The number of aromatic nitrogens is 5. The molecule has 26 heavy (non-hydrogen) atoms. The molecule has 6 nitrogen and oxygen atoms in total. The van der Waals surface area contributed by atoms with Crippen LogP contribution in [0.4, 0.5) is 0 Å². The number of nitrogens with zero attached hydrogens (tertiary/aromatic N) is 4. The van der Waals surface area contributed by atoms with Gasteiger partial charge in [0.25, 0.3) is 5.56 Å². The Kier molecular flexibility index (Phi) is 4.67. The largest absolute Gasteiger partial charge is 0.269 e. The lowest BCUT2D eigenvalue weighted by Gasteiger charge is -2.11. The highest BCUT2D eigenvalue weighted by molar-refractivity contribution is 7.98. The molecule has 0 bridgehead atoms. The van der Waals surface area contributed by atoms with Crippen LogP contribution in [0.2, 0.25) is 10.0 Å². The third kappa shape index (κ3) is 3.09. The van der Waals surface area contributed by atoms with Crippen LogP contribution in [-0.2, 0) is 5.75 Å². The fourth-order valence-corrected chi connectivity index (χ4v) is 4.25. The number of rotatable bonds is 4. The fourth-order valence-electron chi connectivity index (χ4n) is 2.51. The van der Waals surface area contributed by atoms with Gasteiger partial charge in [0.1, 0.15) is 6.33 Å². The molecule has 1 N–H and O–H groups in total. The van der Waals surface area contributed by atoms with Crippen molar-refractivity contribution < 1.29 is 0 Å². The number of halogens is 2. The van der Waals surface area contributed by atoms with Gasteiger partial charge in [0.2, 0.25) is 5.95 Å². The molecule has 2 heterocycles. The molecule has 0 aliphatic carbocycles. The molecule has 2 aromatic carbocycles. The molecular formula is C17H11Cl2N5OS. The maximum absolute atomic E-state index is 13.0. The average Bonchev–Trinajstić information content (AvgIpc) is 3.15. The molecule has 130 valence electrons. The van der Waals surface area contributed by atoms with Crippen molar-refractivity contribution in [3.63, 3.8) is 0 Å². The summed E-state index contributed by atoms with van der Waals surface area (Å²) in [5, 5.41) is 8.66. The van der Waals surface area contributed by atoms with Crippen molar-refractivity contribution in [3.05, 3.63) is 74.8 Å². The van der Waals surface area contributed by atoms with Crippen LogP contribution in [-0.4, -0.2) is 24.7 Å². The molecule has 0 radical (unpaired) electrons. The summed E-state index contributed by atoms with van der Waals surface area (Å²) >= 11 is 13.8. The maximum atomic E-state index is 13.0. The van der Waals surface area contributed by atoms with Gasteiger partial charge in [-0.3, -0.25) is 4.79 Å². The standard InChI is InChI=1S/C17H11Cl2N5OS/c18-12-5-3-6-13(19)11(12)8-26-17-22-14-7-2-1-4-10(14)15(25)24(17)16-20-9-21-23-16/h1-7,9H,8H2,(H,20,21,23). The van der Waals surface area contributed by atoms with E-state index in [1.807, 2.05) is 6.07 Å². The monoisotopic (exact) mass is 403 g/mol. The highest BCUT2D eigenvalue weighted by Gasteiger charge is 2.16. The number of hydrogen-bond donors (Lipinski definition) is 1.